The molecule has 2 nitrogen and oxygen atoms in total. The van der Waals surface area contributed by atoms with Gasteiger partial charge in [-0.15, -0.1) is 0 Å². The van der Waals surface area contributed by atoms with Gasteiger partial charge in [-0.2, -0.15) is 0 Å². The van der Waals surface area contributed by atoms with E-state index < -0.39 is 0 Å². The van der Waals surface area contributed by atoms with Crippen molar-refractivity contribution in [1.29, 1.82) is 0 Å². The molecule has 0 fully saturated rings. The standard InChI is InChI=1S/C13H19NO/c1-5-14-13(15)12-8-10(4)6-7-11(12)9(2)3/h6-9H,5H2,1-4H3,(H,14,15). The highest BCUT2D eigenvalue weighted by Gasteiger charge is 2.12. The lowest BCUT2D eigenvalue weighted by Gasteiger charge is -2.13. The van der Waals surface area contributed by atoms with Gasteiger partial charge in [-0.05, 0) is 31.4 Å². The predicted octanol–water partition coefficient (Wildman–Crippen LogP) is 2.87. The monoisotopic (exact) mass is 205 g/mol. The summed E-state index contributed by atoms with van der Waals surface area (Å²) in [6.07, 6.45) is 0. The molecule has 0 atom stereocenters. The van der Waals surface area contributed by atoms with Gasteiger partial charge in [0.2, 0.25) is 0 Å². The normalized spacial score (nSPS) is 10.5. The molecule has 0 saturated heterocycles. The second-order valence-corrected chi connectivity index (χ2v) is 4.10. The summed E-state index contributed by atoms with van der Waals surface area (Å²) >= 11 is 0. The Kier molecular flexibility index (Phi) is 3.89. The minimum Gasteiger partial charge on any atom is -0.352 e. The summed E-state index contributed by atoms with van der Waals surface area (Å²) in [5.41, 5.74) is 3.05. The van der Waals surface area contributed by atoms with Crippen LogP contribution in [0.4, 0.5) is 0 Å². The molecule has 0 saturated carbocycles. The topological polar surface area (TPSA) is 29.1 Å². The van der Waals surface area contributed by atoms with Crippen LogP contribution >= 0.6 is 0 Å². The molecule has 0 aliphatic heterocycles. The molecular formula is C13H19NO. The highest BCUT2D eigenvalue weighted by atomic mass is 16.1. The van der Waals surface area contributed by atoms with Crippen molar-refractivity contribution >= 4 is 5.91 Å². The first kappa shape index (κ1) is 11.8. The van der Waals surface area contributed by atoms with E-state index >= 15 is 0 Å². The Morgan fingerprint density at radius 3 is 2.60 bits per heavy atom. The molecule has 1 aromatic rings. The maximum atomic E-state index is 11.8. The zero-order valence-corrected chi connectivity index (χ0v) is 9.92. The van der Waals surface area contributed by atoms with E-state index in [9.17, 15) is 4.79 Å². The summed E-state index contributed by atoms with van der Waals surface area (Å²) in [7, 11) is 0. The van der Waals surface area contributed by atoms with Gasteiger partial charge in [0.1, 0.15) is 0 Å². The van der Waals surface area contributed by atoms with E-state index in [1.807, 2.05) is 26.0 Å². The van der Waals surface area contributed by atoms with Crippen LogP contribution in [0.15, 0.2) is 18.2 Å². The predicted molar refractivity (Wildman–Crippen MR) is 63.3 cm³/mol. The van der Waals surface area contributed by atoms with E-state index in [2.05, 4.69) is 25.2 Å². The molecule has 0 radical (unpaired) electrons. The highest BCUT2D eigenvalue weighted by molar-refractivity contribution is 5.96. The fourth-order valence-electron chi connectivity index (χ4n) is 1.63. The zero-order chi connectivity index (χ0) is 11.4. The van der Waals surface area contributed by atoms with Crippen molar-refractivity contribution < 1.29 is 4.79 Å². The Hall–Kier alpha value is -1.31. The maximum Gasteiger partial charge on any atom is 0.251 e. The second kappa shape index (κ2) is 4.96. The van der Waals surface area contributed by atoms with E-state index in [0.29, 0.717) is 12.5 Å². The van der Waals surface area contributed by atoms with Crippen molar-refractivity contribution in [2.24, 2.45) is 0 Å². The summed E-state index contributed by atoms with van der Waals surface area (Å²) < 4.78 is 0. The average Bonchev–Trinajstić information content (AvgIpc) is 2.17. The van der Waals surface area contributed by atoms with Crippen LogP contribution in [0.25, 0.3) is 0 Å². The van der Waals surface area contributed by atoms with Crippen LogP contribution in [0.5, 0.6) is 0 Å². The van der Waals surface area contributed by atoms with Crippen LogP contribution in [0.3, 0.4) is 0 Å². The lowest BCUT2D eigenvalue weighted by molar-refractivity contribution is 0.0954. The van der Waals surface area contributed by atoms with Gasteiger partial charge < -0.3 is 5.32 Å². The molecule has 82 valence electrons. The molecule has 1 rings (SSSR count). The Morgan fingerprint density at radius 1 is 1.40 bits per heavy atom. The van der Waals surface area contributed by atoms with Gasteiger partial charge >= 0.3 is 0 Å². The molecule has 1 amide bonds. The Labute approximate surface area is 91.7 Å². The molecule has 0 aromatic heterocycles. The van der Waals surface area contributed by atoms with Crippen molar-refractivity contribution in [1.82, 2.24) is 5.32 Å². The van der Waals surface area contributed by atoms with Crippen molar-refractivity contribution in [2.75, 3.05) is 6.54 Å². The van der Waals surface area contributed by atoms with Crippen LogP contribution < -0.4 is 5.32 Å². The summed E-state index contributed by atoms with van der Waals surface area (Å²) in [5, 5.41) is 2.85. The maximum absolute atomic E-state index is 11.8. The molecule has 1 N–H and O–H groups in total. The first-order valence-electron chi connectivity index (χ1n) is 5.45. The van der Waals surface area contributed by atoms with Gasteiger partial charge in [0.15, 0.2) is 0 Å². The SMILES string of the molecule is CCNC(=O)c1cc(C)ccc1C(C)C. The van der Waals surface area contributed by atoms with Gasteiger partial charge in [-0.25, -0.2) is 0 Å². The molecule has 1 aromatic carbocycles. The minimum absolute atomic E-state index is 0.0323. The lowest BCUT2D eigenvalue weighted by Crippen LogP contribution is -2.24. The molecule has 2 heteroatoms. The third kappa shape index (κ3) is 2.82. The van der Waals surface area contributed by atoms with E-state index in [1.54, 1.807) is 0 Å². The summed E-state index contributed by atoms with van der Waals surface area (Å²) in [5.74, 6) is 0.410. The van der Waals surface area contributed by atoms with Gasteiger partial charge in [-0.3, -0.25) is 4.79 Å². The van der Waals surface area contributed by atoms with E-state index in [-0.39, 0.29) is 5.91 Å². The third-order valence-corrected chi connectivity index (χ3v) is 2.41. The largest absolute Gasteiger partial charge is 0.352 e. The van der Waals surface area contributed by atoms with Gasteiger partial charge in [0.05, 0.1) is 0 Å². The van der Waals surface area contributed by atoms with Gasteiger partial charge in [0, 0.05) is 12.1 Å². The van der Waals surface area contributed by atoms with Crippen LogP contribution in [0.2, 0.25) is 0 Å². The van der Waals surface area contributed by atoms with Crippen LogP contribution in [-0.2, 0) is 0 Å². The molecule has 0 aliphatic rings. The van der Waals surface area contributed by atoms with Crippen LogP contribution in [0, 0.1) is 6.92 Å². The van der Waals surface area contributed by atoms with Gasteiger partial charge in [-0.1, -0.05) is 31.5 Å². The quantitative estimate of drug-likeness (QED) is 0.807. The molecular weight excluding hydrogens is 186 g/mol. The minimum atomic E-state index is 0.0323. The number of benzene rings is 1. The average molecular weight is 205 g/mol. The lowest BCUT2D eigenvalue weighted by atomic mass is 9.95. The summed E-state index contributed by atoms with van der Waals surface area (Å²) in [6, 6.07) is 6.06. The number of aryl methyl sites for hydroxylation is 1. The van der Waals surface area contributed by atoms with E-state index in [0.717, 1.165) is 16.7 Å². The number of nitrogens with one attached hydrogen (secondary N) is 1. The first-order chi connectivity index (χ1) is 7.06. The first-order valence-corrected chi connectivity index (χ1v) is 5.45. The van der Waals surface area contributed by atoms with Crippen molar-refractivity contribution in [3.63, 3.8) is 0 Å². The smallest absolute Gasteiger partial charge is 0.251 e. The number of carbonyl (C=O) groups excluding carboxylic acids is 1. The fraction of sp³-hybridized carbons (Fsp3) is 0.462. The molecule has 15 heavy (non-hydrogen) atoms. The van der Waals surface area contributed by atoms with Crippen molar-refractivity contribution in [3.8, 4) is 0 Å². The van der Waals surface area contributed by atoms with Crippen LogP contribution in [-0.4, -0.2) is 12.5 Å². The molecule has 0 bridgehead atoms. The molecule has 0 spiro atoms. The number of amides is 1. The van der Waals surface area contributed by atoms with Crippen LogP contribution in [0.1, 0.15) is 48.2 Å². The number of hydrogen-bond acceptors (Lipinski definition) is 1. The fourth-order valence-corrected chi connectivity index (χ4v) is 1.63. The summed E-state index contributed by atoms with van der Waals surface area (Å²) in [6.45, 7) is 8.82. The molecule has 0 aliphatic carbocycles. The number of hydrogen-bond donors (Lipinski definition) is 1. The van der Waals surface area contributed by atoms with E-state index in [4.69, 9.17) is 0 Å². The Bertz CT molecular complexity index is 356. The third-order valence-electron chi connectivity index (χ3n) is 2.41. The summed E-state index contributed by atoms with van der Waals surface area (Å²) in [4.78, 5) is 11.8. The van der Waals surface area contributed by atoms with E-state index in [1.165, 1.54) is 0 Å². The highest BCUT2D eigenvalue weighted by Crippen LogP contribution is 2.20. The number of carbonyl (C=O) groups is 1. The Balaban J connectivity index is 3.12. The van der Waals surface area contributed by atoms with Crippen molar-refractivity contribution in [2.45, 2.75) is 33.6 Å². The number of rotatable bonds is 3. The Morgan fingerprint density at radius 2 is 2.07 bits per heavy atom. The zero-order valence-electron chi connectivity index (χ0n) is 9.92. The second-order valence-electron chi connectivity index (χ2n) is 4.10. The molecule has 0 unspecified atom stereocenters. The molecule has 0 heterocycles. The van der Waals surface area contributed by atoms with Gasteiger partial charge in [0.25, 0.3) is 5.91 Å². The van der Waals surface area contributed by atoms with Crippen molar-refractivity contribution in [3.05, 3.63) is 34.9 Å².